The molecule has 1 N–H and O–H groups in total. The van der Waals surface area contributed by atoms with Crippen molar-refractivity contribution in [2.45, 2.75) is 0 Å². The second-order valence-corrected chi connectivity index (χ2v) is 3.58. The number of aliphatic hydroxyl groups is 1. The van der Waals surface area contributed by atoms with E-state index in [0.717, 1.165) is 0 Å². The molecule has 0 fully saturated rings. The Morgan fingerprint density at radius 1 is 1.56 bits per heavy atom. The van der Waals surface area contributed by atoms with E-state index in [1.807, 2.05) is 0 Å². The Balaban J connectivity index is 2.83. The largest absolute Gasteiger partial charge is 0.772 e. The van der Waals surface area contributed by atoms with Crippen LogP contribution in [0.5, 0.6) is 0 Å². The third kappa shape index (κ3) is 8.42. The van der Waals surface area contributed by atoms with Crippen LogP contribution in [0.4, 0.5) is 0 Å². The summed E-state index contributed by atoms with van der Waals surface area (Å²) in [6.45, 7) is 0.121. The first kappa shape index (κ1) is 9.42. The summed E-state index contributed by atoms with van der Waals surface area (Å²) in [5, 5.41) is 8.26. The lowest BCUT2D eigenvalue weighted by Gasteiger charge is -2.02. The molecule has 0 rings (SSSR count). The number of aliphatic hydroxyl groups excluding tert-OH is 1. The predicted octanol–water partition coefficient (Wildman–Crippen LogP) is -0.409. The summed E-state index contributed by atoms with van der Waals surface area (Å²) in [4.78, 5) is 0. The number of thioether (sulfide) groups is 1. The third-order valence-corrected chi connectivity index (χ3v) is 2.39. The van der Waals surface area contributed by atoms with Gasteiger partial charge in [-0.15, -0.1) is 0 Å². The van der Waals surface area contributed by atoms with E-state index in [1.54, 1.807) is 0 Å². The predicted molar refractivity (Wildman–Crippen MR) is 38.2 cm³/mol. The van der Waals surface area contributed by atoms with Crippen molar-refractivity contribution in [3.05, 3.63) is 0 Å². The molecule has 0 aliphatic carbocycles. The van der Waals surface area contributed by atoms with E-state index in [9.17, 15) is 8.76 Å². The van der Waals surface area contributed by atoms with E-state index < -0.39 is 11.1 Å². The lowest BCUT2D eigenvalue weighted by atomic mass is 10.9. The van der Waals surface area contributed by atoms with Gasteiger partial charge in [0.15, 0.2) is 0 Å². The minimum Gasteiger partial charge on any atom is -0.772 e. The molecule has 9 heavy (non-hydrogen) atoms. The fraction of sp³-hybridized carbons (Fsp3) is 1.00. The number of hydrogen-bond acceptors (Lipinski definition) is 4. The lowest BCUT2D eigenvalue weighted by Crippen LogP contribution is -1.99. The van der Waals surface area contributed by atoms with E-state index in [1.165, 1.54) is 11.8 Å². The molecule has 0 saturated carbocycles. The molecule has 0 spiro atoms. The Hall–Kier alpha value is 0.420. The van der Waals surface area contributed by atoms with Crippen molar-refractivity contribution < 1.29 is 13.9 Å². The fourth-order valence-electron chi connectivity index (χ4n) is 0.294. The number of rotatable bonds is 5. The van der Waals surface area contributed by atoms with Gasteiger partial charge < -0.3 is 9.66 Å². The molecule has 0 aromatic carbocycles. The normalized spacial score (nSPS) is 13.6. The minimum atomic E-state index is -1.92. The highest BCUT2D eigenvalue weighted by atomic mass is 32.2. The Morgan fingerprint density at radius 2 is 2.22 bits per heavy atom. The maximum atomic E-state index is 9.89. The van der Waals surface area contributed by atoms with Crippen LogP contribution < -0.4 is 0 Å². The molecule has 1 atom stereocenters. The first-order valence-electron chi connectivity index (χ1n) is 2.52. The second-order valence-electron chi connectivity index (χ2n) is 1.34. The molecular formula is C4H9O3S2-. The van der Waals surface area contributed by atoms with Crippen molar-refractivity contribution in [2.75, 3.05) is 23.9 Å². The Bertz CT molecular complexity index is 85.9. The number of hydrogen-bond donors (Lipinski definition) is 1. The molecule has 56 valence electrons. The molecule has 0 saturated heterocycles. The summed E-state index contributed by atoms with van der Waals surface area (Å²) < 4.78 is 19.8. The van der Waals surface area contributed by atoms with E-state index >= 15 is 0 Å². The summed E-state index contributed by atoms with van der Waals surface area (Å²) in [5.74, 6) is 1.39. The molecular weight excluding hydrogens is 160 g/mol. The Kier molecular flexibility index (Phi) is 6.84. The van der Waals surface area contributed by atoms with Gasteiger partial charge in [0.25, 0.3) is 0 Å². The van der Waals surface area contributed by atoms with Crippen LogP contribution in [-0.2, 0) is 11.1 Å². The van der Waals surface area contributed by atoms with Gasteiger partial charge in [-0.05, 0) is 0 Å². The zero-order chi connectivity index (χ0) is 7.11. The van der Waals surface area contributed by atoms with Crippen molar-refractivity contribution in [1.29, 1.82) is 0 Å². The van der Waals surface area contributed by atoms with E-state index in [0.29, 0.717) is 11.5 Å². The van der Waals surface area contributed by atoms with Gasteiger partial charge in [-0.1, -0.05) is 11.1 Å². The summed E-state index contributed by atoms with van der Waals surface area (Å²) in [6.07, 6.45) is 0. The van der Waals surface area contributed by atoms with Crippen LogP contribution in [0.15, 0.2) is 0 Å². The van der Waals surface area contributed by atoms with Gasteiger partial charge in [0, 0.05) is 17.3 Å². The zero-order valence-corrected chi connectivity index (χ0v) is 6.54. The first-order chi connectivity index (χ1) is 4.27. The van der Waals surface area contributed by atoms with Crippen LogP contribution in [0.2, 0.25) is 0 Å². The van der Waals surface area contributed by atoms with Crippen molar-refractivity contribution in [1.82, 2.24) is 0 Å². The third-order valence-electron chi connectivity index (χ3n) is 0.630. The monoisotopic (exact) mass is 169 g/mol. The molecule has 3 nitrogen and oxygen atoms in total. The summed E-state index contributed by atoms with van der Waals surface area (Å²) in [5.41, 5.74) is 0. The zero-order valence-electron chi connectivity index (χ0n) is 4.91. The molecule has 0 amide bonds. The fourth-order valence-corrected chi connectivity index (χ4v) is 1.64. The summed E-state index contributed by atoms with van der Waals surface area (Å²) in [6, 6.07) is 0. The minimum absolute atomic E-state index is 0.121. The molecule has 0 aromatic rings. The molecule has 1 unspecified atom stereocenters. The molecule has 5 heteroatoms. The van der Waals surface area contributed by atoms with Gasteiger partial charge in [0.2, 0.25) is 0 Å². The van der Waals surface area contributed by atoms with Gasteiger partial charge >= 0.3 is 0 Å². The SMILES string of the molecule is O=S([O-])CCSCCO. The second kappa shape index (κ2) is 6.54. The smallest absolute Gasteiger partial charge is 0.0521 e. The van der Waals surface area contributed by atoms with Crippen molar-refractivity contribution in [2.24, 2.45) is 0 Å². The maximum absolute atomic E-state index is 9.89. The van der Waals surface area contributed by atoms with Crippen molar-refractivity contribution in [3.63, 3.8) is 0 Å². The highest BCUT2D eigenvalue weighted by Gasteiger charge is 1.86. The van der Waals surface area contributed by atoms with Crippen LogP contribution >= 0.6 is 11.8 Å². The molecule has 0 aliphatic rings. The lowest BCUT2D eigenvalue weighted by molar-refractivity contribution is 0.322. The average Bonchev–Trinajstić information content (AvgIpc) is 1.80. The van der Waals surface area contributed by atoms with Gasteiger partial charge in [-0.3, -0.25) is 4.21 Å². The molecule has 0 radical (unpaired) electrons. The van der Waals surface area contributed by atoms with E-state index in [4.69, 9.17) is 5.11 Å². The van der Waals surface area contributed by atoms with Crippen LogP contribution in [0, 0.1) is 0 Å². The van der Waals surface area contributed by atoms with Crippen molar-refractivity contribution in [3.8, 4) is 0 Å². The highest BCUT2D eigenvalue weighted by Crippen LogP contribution is 1.97. The standard InChI is InChI=1S/C4H10O3S2/c5-1-2-8-3-4-9(6)7/h5H,1-4H2,(H,6,7)/p-1. The highest BCUT2D eigenvalue weighted by molar-refractivity contribution is 7.99. The van der Waals surface area contributed by atoms with Crippen LogP contribution in [0.25, 0.3) is 0 Å². The summed E-state index contributed by atoms with van der Waals surface area (Å²) >= 11 is -0.483. The van der Waals surface area contributed by atoms with Crippen LogP contribution in [0.3, 0.4) is 0 Å². The topological polar surface area (TPSA) is 60.4 Å². The summed E-state index contributed by atoms with van der Waals surface area (Å²) in [7, 11) is 0. The van der Waals surface area contributed by atoms with E-state index in [-0.39, 0.29) is 12.4 Å². The van der Waals surface area contributed by atoms with Gasteiger partial charge in [0.1, 0.15) is 0 Å². The van der Waals surface area contributed by atoms with Gasteiger partial charge in [0.05, 0.1) is 6.61 Å². The van der Waals surface area contributed by atoms with E-state index in [2.05, 4.69) is 0 Å². The molecule has 0 aliphatic heterocycles. The van der Waals surface area contributed by atoms with Gasteiger partial charge in [-0.25, -0.2) is 0 Å². The quantitative estimate of drug-likeness (QED) is 0.449. The Labute approximate surface area is 61.1 Å². The van der Waals surface area contributed by atoms with Crippen LogP contribution in [-0.4, -0.2) is 37.7 Å². The molecule has 0 bridgehead atoms. The van der Waals surface area contributed by atoms with Crippen molar-refractivity contribution >= 4 is 22.8 Å². The maximum Gasteiger partial charge on any atom is 0.0521 e. The van der Waals surface area contributed by atoms with Crippen LogP contribution in [0.1, 0.15) is 0 Å². The molecule has 0 aromatic heterocycles. The Morgan fingerprint density at radius 3 is 2.67 bits per heavy atom. The first-order valence-corrected chi connectivity index (χ1v) is 4.91. The van der Waals surface area contributed by atoms with Gasteiger partial charge in [-0.2, -0.15) is 11.8 Å². The average molecular weight is 169 g/mol. The molecule has 0 heterocycles.